The van der Waals surface area contributed by atoms with Crippen molar-refractivity contribution in [2.75, 3.05) is 25.1 Å². The van der Waals surface area contributed by atoms with Gasteiger partial charge in [0.15, 0.2) is 17.3 Å². The molecular formula is C14H15N3O6S. The van der Waals surface area contributed by atoms with Crippen LogP contribution in [0.5, 0.6) is 11.5 Å². The number of hydrogen-bond acceptors (Lipinski definition) is 7. The summed E-state index contributed by atoms with van der Waals surface area (Å²) in [4.78, 5) is 11.8. The Balaban J connectivity index is 1.64. The Morgan fingerprint density at radius 2 is 1.96 bits per heavy atom. The van der Waals surface area contributed by atoms with Gasteiger partial charge in [-0.15, -0.1) is 0 Å². The van der Waals surface area contributed by atoms with Crippen molar-refractivity contribution >= 4 is 21.7 Å². The second-order valence-electron chi connectivity index (χ2n) is 5.00. The number of amides is 1. The third-order valence-electron chi connectivity index (χ3n) is 3.14. The van der Waals surface area contributed by atoms with Crippen LogP contribution in [-0.2, 0) is 14.8 Å². The maximum absolute atomic E-state index is 12.3. The number of nitrogens with zero attached hydrogens (tertiary/aromatic N) is 1. The monoisotopic (exact) mass is 353 g/mol. The maximum Gasteiger partial charge on any atom is 0.241 e. The van der Waals surface area contributed by atoms with Crippen LogP contribution in [0.3, 0.4) is 0 Å². The normalized spacial score (nSPS) is 13.5. The molecule has 0 saturated carbocycles. The third-order valence-corrected chi connectivity index (χ3v) is 4.54. The van der Waals surface area contributed by atoms with Crippen molar-refractivity contribution in [1.29, 1.82) is 0 Å². The molecule has 0 aliphatic carbocycles. The van der Waals surface area contributed by atoms with Gasteiger partial charge in [0.2, 0.25) is 15.9 Å². The number of aromatic nitrogens is 1. The topological polar surface area (TPSA) is 120 Å². The highest BCUT2D eigenvalue weighted by Crippen LogP contribution is 2.32. The number of nitrogens with one attached hydrogen (secondary N) is 2. The minimum Gasteiger partial charge on any atom is -0.486 e. The van der Waals surface area contributed by atoms with E-state index in [1.807, 2.05) is 0 Å². The molecule has 1 amide bonds. The second kappa shape index (κ2) is 6.49. The van der Waals surface area contributed by atoms with Gasteiger partial charge in [0.25, 0.3) is 0 Å². The smallest absolute Gasteiger partial charge is 0.241 e. The number of hydrogen-bond donors (Lipinski definition) is 2. The quantitative estimate of drug-likeness (QED) is 0.810. The zero-order valence-corrected chi connectivity index (χ0v) is 13.6. The first-order valence-electron chi connectivity index (χ1n) is 7.06. The first-order valence-corrected chi connectivity index (χ1v) is 8.55. The Morgan fingerprint density at radius 1 is 1.21 bits per heavy atom. The standard InChI is InChI=1S/C14H15N3O6S/c1-9-6-13(17-23-9)16-14(18)8-15-24(19,20)10-2-3-11-12(7-10)22-5-4-21-11/h2-3,6-7,15H,4-5,8H2,1H3,(H,16,17,18). The number of carbonyl (C=O) groups excluding carboxylic acids is 1. The Bertz CT molecular complexity index is 861. The molecule has 1 aliphatic rings. The molecule has 0 fully saturated rings. The zero-order valence-electron chi connectivity index (χ0n) is 12.7. The fourth-order valence-electron chi connectivity index (χ4n) is 2.05. The second-order valence-corrected chi connectivity index (χ2v) is 6.77. The molecule has 1 aromatic heterocycles. The highest BCUT2D eigenvalue weighted by Gasteiger charge is 2.20. The number of sulfonamides is 1. The van der Waals surface area contributed by atoms with Gasteiger partial charge in [-0.1, -0.05) is 5.16 Å². The maximum atomic E-state index is 12.3. The third kappa shape index (κ3) is 3.66. The van der Waals surface area contributed by atoms with Crippen LogP contribution in [0, 0.1) is 6.92 Å². The van der Waals surface area contributed by atoms with E-state index >= 15 is 0 Å². The summed E-state index contributed by atoms with van der Waals surface area (Å²) in [6.45, 7) is 2.00. The van der Waals surface area contributed by atoms with E-state index in [0.29, 0.717) is 30.5 Å². The van der Waals surface area contributed by atoms with Crippen LogP contribution in [0.15, 0.2) is 33.7 Å². The van der Waals surface area contributed by atoms with Crippen LogP contribution in [0.4, 0.5) is 5.82 Å². The highest BCUT2D eigenvalue weighted by molar-refractivity contribution is 7.89. The molecule has 0 atom stereocenters. The number of rotatable bonds is 5. The molecule has 10 heteroatoms. The molecule has 9 nitrogen and oxygen atoms in total. The molecule has 2 aromatic rings. The van der Waals surface area contributed by atoms with Gasteiger partial charge < -0.3 is 19.3 Å². The van der Waals surface area contributed by atoms with Gasteiger partial charge in [0.05, 0.1) is 11.4 Å². The van der Waals surface area contributed by atoms with Gasteiger partial charge in [-0.3, -0.25) is 4.79 Å². The van der Waals surface area contributed by atoms with E-state index in [-0.39, 0.29) is 10.7 Å². The van der Waals surface area contributed by atoms with Crippen molar-refractivity contribution < 1.29 is 27.2 Å². The predicted molar refractivity (Wildman–Crippen MR) is 82.5 cm³/mol. The average Bonchev–Trinajstić information content (AvgIpc) is 2.97. The zero-order chi connectivity index (χ0) is 17.2. The number of carbonyl (C=O) groups is 1. The van der Waals surface area contributed by atoms with E-state index in [0.717, 1.165) is 0 Å². The fourth-order valence-corrected chi connectivity index (χ4v) is 3.04. The SMILES string of the molecule is Cc1cc(NC(=O)CNS(=O)(=O)c2ccc3c(c2)OCCO3)no1. The van der Waals surface area contributed by atoms with Crippen molar-refractivity contribution in [2.45, 2.75) is 11.8 Å². The average molecular weight is 353 g/mol. The molecule has 2 heterocycles. The lowest BCUT2D eigenvalue weighted by Gasteiger charge is -2.18. The minimum absolute atomic E-state index is 0.0168. The molecule has 0 unspecified atom stereocenters. The Hall–Kier alpha value is -2.59. The summed E-state index contributed by atoms with van der Waals surface area (Å²) >= 11 is 0. The largest absolute Gasteiger partial charge is 0.486 e. The summed E-state index contributed by atoms with van der Waals surface area (Å²) in [6.07, 6.45) is 0. The van der Waals surface area contributed by atoms with Crippen LogP contribution in [-0.4, -0.2) is 39.2 Å². The molecular weight excluding hydrogens is 338 g/mol. The summed E-state index contributed by atoms with van der Waals surface area (Å²) in [6, 6.07) is 5.78. The van der Waals surface area contributed by atoms with E-state index < -0.39 is 22.5 Å². The summed E-state index contributed by atoms with van der Waals surface area (Å²) < 4.78 is 42.2. The van der Waals surface area contributed by atoms with Gasteiger partial charge in [0, 0.05) is 12.1 Å². The Labute approximate surface area is 138 Å². The molecule has 0 radical (unpaired) electrons. The van der Waals surface area contributed by atoms with Crippen LogP contribution in [0.1, 0.15) is 5.76 Å². The lowest BCUT2D eigenvalue weighted by Crippen LogP contribution is -2.33. The van der Waals surface area contributed by atoms with Gasteiger partial charge in [0.1, 0.15) is 19.0 Å². The Kier molecular flexibility index (Phi) is 4.40. The molecule has 128 valence electrons. The lowest BCUT2D eigenvalue weighted by atomic mass is 10.3. The summed E-state index contributed by atoms with van der Waals surface area (Å²) in [7, 11) is -3.87. The van der Waals surface area contributed by atoms with Gasteiger partial charge in [-0.25, -0.2) is 13.1 Å². The summed E-state index contributed by atoms with van der Waals surface area (Å²) in [5.74, 6) is 1.02. The van der Waals surface area contributed by atoms with E-state index in [1.165, 1.54) is 24.3 Å². The van der Waals surface area contributed by atoms with Gasteiger partial charge >= 0.3 is 0 Å². The van der Waals surface area contributed by atoms with Crippen molar-refractivity contribution in [3.63, 3.8) is 0 Å². The van der Waals surface area contributed by atoms with Crippen LogP contribution in [0.25, 0.3) is 0 Å². The Morgan fingerprint density at radius 3 is 2.67 bits per heavy atom. The first kappa shape index (κ1) is 16.3. The van der Waals surface area contributed by atoms with Crippen LogP contribution in [0.2, 0.25) is 0 Å². The minimum atomic E-state index is -3.87. The van der Waals surface area contributed by atoms with E-state index in [9.17, 15) is 13.2 Å². The fraction of sp³-hybridized carbons (Fsp3) is 0.286. The summed E-state index contributed by atoms with van der Waals surface area (Å²) in [5, 5.41) is 6.01. The van der Waals surface area contributed by atoms with Crippen LogP contribution < -0.4 is 19.5 Å². The van der Waals surface area contributed by atoms with Crippen molar-refractivity contribution in [3.8, 4) is 11.5 Å². The highest BCUT2D eigenvalue weighted by atomic mass is 32.2. The predicted octanol–water partition coefficient (Wildman–Crippen LogP) is 0.671. The number of aryl methyl sites for hydroxylation is 1. The van der Waals surface area contributed by atoms with Crippen molar-refractivity contribution in [3.05, 3.63) is 30.0 Å². The van der Waals surface area contributed by atoms with Crippen LogP contribution >= 0.6 is 0 Å². The molecule has 0 spiro atoms. The molecule has 1 aliphatic heterocycles. The molecule has 3 rings (SSSR count). The van der Waals surface area contributed by atoms with Gasteiger partial charge in [-0.2, -0.15) is 0 Å². The van der Waals surface area contributed by atoms with Gasteiger partial charge in [-0.05, 0) is 19.1 Å². The molecule has 1 aromatic carbocycles. The molecule has 24 heavy (non-hydrogen) atoms. The number of anilines is 1. The number of fused-ring (bicyclic) bond motifs is 1. The molecule has 0 saturated heterocycles. The number of ether oxygens (including phenoxy) is 2. The first-order chi connectivity index (χ1) is 11.4. The molecule has 0 bridgehead atoms. The number of benzene rings is 1. The lowest BCUT2D eigenvalue weighted by molar-refractivity contribution is -0.115. The molecule has 2 N–H and O–H groups in total. The van der Waals surface area contributed by atoms with E-state index in [4.69, 9.17) is 14.0 Å². The van der Waals surface area contributed by atoms with E-state index in [1.54, 1.807) is 6.92 Å². The van der Waals surface area contributed by atoms with Crippen molar-refractivity contribution in [1.82, 2.24) is 9.88 Å². The van der Waals surface area contributed by atoms with Crippen molar-refractivity contribution in [2.24, 2.45) is 0 Å². The summed E-state index contributed by atoms with van der Waals surface area (Å²) in [5.41, 5.74) is 0. The van der Waals surface area contributed by atoms with E-state index in [2.05, 4.69) is 15.2 Å².